The number of hydrogen-bond donors (Lipinski definition) is 1. The molecule has 1 fully saturated rings. The fourth-order valence-corrected chi connectivity index (χ4v) is 2.65. The van der Waals surface area contributed by atoms with Gasteiger partial charge in [-0.05, 0) is 31.7 Å². The van der Waals surface area contributed by atoms with Gasteiger partial charge in [-0.3, -0.25) is 9.48 Å². The molecule has 0 radical (unpaired) electrons. The Morgan fingerprint density at radius 3 is 2.74 bits per heavy atom. The molecule has 8 heteroatoms. The molecular weight excluding hydrogens is 311 g/mol. The van der Waals surface area contributed by atoms with Crippen molar-refractivity contribution in [3.8, 4) is 0 Å². The number of nitrogens with zero attached hydrogens (tertiary/aromatic N) is 2. The summed E-state index contributed by atoms with van der Waals surface area (Å²) in [6, 6.07) is 1.04. The molecule has 23 heavy (non-hydrogen) atoms. The Morgan fingerprint density at radius 1 is 1.48 bits per heavy atom. The van der Waals surface area contributed by atoms with Gasteiger partial charge in [-0.25, -0.2) is 0 Å². The van der Waals surface area contributed by atoms with Gasteiger partial charge in [0.15, 0.2) is 0 Å². The fourth-order valence-electron chi connectivity index (χ4n) is 2.65. The number of nitrogens with one attached hydrogen (secondary N) is 1. The minimum Gasteiger partial charge on any atom is -0.381 e. The standard InChI is InChI=1S/C15H22F3N3O2/c1-10(8-19-14(22)12-3-5-23-6-4-12)9-21-13(15(16,17)18)7-11(2)20-21/h7,10,12H,3-6,8-9H2,1-2H3,(H,19,22)/t10-/m0/s1. The van der Waals surface area contributed by atoms with E-state index < -0.39 is 11.9 Å². The maximum absolute atomic E-state index is 12.9. The molecule has 1 aromatic rings. The van der Waals surface area contributed by atoms with E-state index in [-0.39, 0.29) is 24.3 Å². The molecule has 2 rings (SSSR count). The second-order valence-electron chi connectivity index (χ2n) is 6.09. The number of carbonyl (C=O) groups excluding carboxylic acids is 1. The van der Waals surface area contributed by atoms with E-state index in [1.54, 1.807) is 6.92 Å². The Balaban J connectivity index is 1.87. The molecular formula is C15H22F3N3O2. The minimum absolute atomic E-state index is 0.0483. The summed E-state index contributed by atoms with van der Waals surface area (Å²) in [5.41, 5.74) is -0.423. The maximum atomic E-state index is 12.9. The highest BCUT2D eigenvalue weighted by Crippen LogP contribution is 2.30. The van der Waals surface area contributed by atoms with Gasteiger partial charge >= 0.3 is 6.18 Å². The first-order valence-corrected chi connectivity index (χ1v) is 7.74. The molecule has 2 heterocycles. The van der Waals surface area contributed by atoms with Crippen molar-refractivity contribution in [3.63, 3.8) is 0 Å². The Bertz CT molecular complexity index is 537. The SMILES string of the molecule is Cc1cc(C(F)(F)F)n(C[C@@H](C)CNC(=O)C2CCOCC2)n1. The van der Waals surface area contributed by atoms with Crippen LogP contribution in [0.4, 0.5) is 13.2 Å². The smallest absolute Gasteiger partial charge is 0.381 e. The molecule has 0 spiro atoms. The molecule has 1 aliphatic heterocycles. The number of halogens is 3. The van der Waals surface area contributed by atoms with Crippen molar-refractivity contribution < 1.29 is 22.7 Å². The molecule has 1 atom stereocenters. The fraction of sp³-hybridized carbons (Fsp3) is 0.733. The quantitative estimate of drug-likeness (QED) is 0.900. The van der Waals surface area contributed by atoms with Crippen molar-refractivity contribution in [1.82, 2.24) is 15.1 Å². The molecule has 5 nitrogen and oxygen atoms in total. The number of ether oxygens (including phenoxy) is 1. The monoisotopic (exact) mass is 333 g/mol. The van der Waals surface area contributed by atoms with Crippen LogP contribution in [-0.4, -0.2) is 35.4 Å². The number of carbonyl (C=O) groups is 1. The molecule has 1 N–H and O–H groups in total. The Kier molecular flexibility index (Phi) is 5.67. The minimum atomic E-state index is -4.42. The molecule has 0 unspecified atom stereocenters. The summed E-state index contributed by atoms with van der Waals surface area (Å²) in [6.07, 6.45) is -3.04. The Morgan fingerprint density at radius 2 is 2.13 bits per heavy atom. The highest BCUT2D eigenvalue weighted by Gasteiger charge is 2.35. The van der Waals surface area contributed by atoms with Crippen molar-refractivity contribution in [1.29, 1.82) is 0 Å². The van der Waals surface area contributed by atoms with Crippen LogP contribution in [0.2, 0.25) is 0 Å². The molecule has 1 amide bonds. The number of rotatable bonds is 5. The van der Waals surface area contributed by atoms with E-state index in [1.165, 1.54) is 6.92 Å². The van der Waals surface area contributed by atoms with E-state index in [9.17, 15) is 18.0 Å². The van der Waals surface area contributed by atoms with Crippen LogP contribution in [0, 0.1) is 18.8 Å². The molecule has 1 saturated heterocycles. The molecule has 0 aromatic carbocycles. The van der Waals surface area contributed by atoms with Crippen molar-refractivity contribution >= 4 is 5.91 Å². The van der Waals surface area contributed by atoms with Crippen molar-refractivity contribution in [2.75, 3.05) is 19.8 Å². The summed E-state index contributed by atoms with van der Waals surface area (Å²) in [5, 5.41) is 6.72. The van der Waals surface area contributed by atoms with Crippen molar-refractivity contribution in [3.05, 3.63) is 17.5 Å². The molecule has 0 saturated carbocycles. The van der Waals surface area contributed by atoms with Crippen LogP contribution in [0.5, 0.6) is 0 Å². The van der Waals surface area contributed by atoms with E-state index in [0.717, 1.165) is 10.7 Å². The summed E-state index contributed by atoms with van der Waals surface area (Å²) in [5.74, 6) is -0.263. The second kappa shape index (κ2) is 7.33. The predicted molar refractivity (Wildman–Crippen MR) is 77.7 cm³/mol. The first-order chi connectivity index (χ1) is 10.8. The van der Waals surface area contributed by atoms with Crippen LogP contribution in [0.25, 0.3) is 0 Å². The Hall–Kier alpha value is -1.57. The highest BCUT2D eigenvalue weighted by atomic mass is 19.4. The van der Waals surface area contributed by atoms with Crippen molar-refractivity contribution in [2.24, 2.45) is 11.8 Å². The maximum Gasteiger partial charge on any atom is 0.433 e. The van der Waals surface area contributed by atoms with Gasteiger partial charge in [0.1, 0.15) is 5.69 Å². The van der Waals surface area contributed by atoms with Gasteiger partial charge < -0.3 is 10.1 Å². The van der Waals surface area contributed by atoms with Crippen LogP contribution in [0.15, 0.2) is 6.07 Å². The lowest BCUT2D eigenvalue weighted by Gasteiger charge is -2.22. The molecule has 1 aliphatic rings. The van der Waals surface area contributed by atoms with Gasteiger partial charge in [-0.1, -0.05) is 6.92 Å². The van der Waals surface area contributed by atoms with Gasteiger partial charge in [0.2, 0.25) is 5.91 Å². The first kappa shape index (κ1) is 17.8. The van der Waals surface area contributed by atoms with Gasteiger partial charge in [0, 0.05) is 32.2 Å². The number of aromatic nitrogens is 2. The summed E-state index contributed by atoms with van der Waals surface area (Å²) in [7, 11) is 0. The predicted octanol–water partition coefficient (Wildman–Crippen LogP) is 2.39. The van der Waals surface area contributed by atoms with Crippen LogP contribution in [0.1, 0.15) is 31.2 Å². The van der Waals surface area contributed by atoms with E-state index in [4.69, 9.17) is 4.74 Å². The first-order valence-electron chi connectivity index (χ1n) is 7.74. The van der Waals surface area contributed by atoms with E-state index in [0.29, 0.717) is 38.3 Å². The molecule has 1 aromatic heterocycles. The lowest BCUT2D eigenvalue weighted by Crippen LogP contribution is -2.37. The van der Waals surface area contributed by atoms with Crippen LogP contribution >= 0.6 is 0 Å². The third kappa shape index (κ3) is 4.95. The largest absolute Gasteiger partial charge is 0.433 e. The van der Waals surface area contributed by atoms with E-state index >= 15 is 0 Å². The van der Waals surface area contributed by atoms with Gasteiger partial charge in [0.25, 0.3) is 0 Å². The average molecular weight is 333 g/mol. The lowest BCUT2D eigenvalue weighted by molar-refractivity contribution is -0.144. The second-order valence-corrected chi connectivity index (χ2v) is 6.09. The van der Waals surface area contributed by atoms with Crippen molar-refractivity contribution in [2.45, 2.75) is 39.4 Å². The molecule has 130 valence electrons. The zero-order valence-electron chi connectivity index (χ0n) is 13.3. The van der Waals surface area contributed by atoms with Crippen LogP contribution in [-0.2, 0) is 22.3 Å². The normalized spacial score (nSPS) is 18.0. The summed E-state index contributed by atoms with van der Waals surface area (Å²) in [4.78, 5) is 12.0. The third-order valence-corrected chi connectivity index (χ3v) is 3.89. The van der Waals surface area contributed by atoms with Gasteiger partial charge in [0.05, 0.1) is 5.69 Å². The average Bonchev–Trinajstić information content (AvgIpc) is 2.86. The number of hydrogen-bond acceptors (Lipinski definition) is 3. The lowest BCUT2D eigenvalue weighted by atomic mass is 9.99. The van der Waals surface area contributed by atoms with Gasteiger partial charge in [-0.15, -0.1) is 0 Å². The van der Waals surface area contributed by atoms with E-state index in [1.807, 2.05) is 0 Å². The summed E-state index contributed by atoms with van der Waals surface area (Å²) in [6.45, 7) is 4.91. The number of amides is 1. The van der Waals surface area contributed by atoms with Crippen LogP contribution < -0.4 is 5.32 Å². The van der Waals surface area contributed by atoms with E-state index in [2.05, 4.69) is 10.4 Å². The topological polar surface area (TPSA) is 56.2 Å². The zero-order valence-corrected chi connectivity index (χ0v) is 13.3. The molecule has 0 bridgehead atoms. The van der Waals surface area contributed by atoms with Crippen LogP contribution in [0.3, 0.4) is 0 Å². The highest BCUT2D eigenvalue weighted by molar-refractivity contribution is 5.78. The third-order valence-electron chi connectivity index (χ3n) is 3.89. The zero-order chi connectivity index (χ0) is 17.0. The summed E-state index contributed by atoms with van der Waals surface area (Å²) >= 11 is 0. The van der Waals surface area contributed by atoms with Gasteiger partial charge in [-0.2, -0.15) is 18.3 Å². The number of aryl methyl sites for hydroxylation is 1. The number of alkyl halides is 3. The Labute approximate surface area is 133 Å². The molecule has 0 aliphatic carbocycles. The summed E-state index contributed by atoms with van der Waals surface area (Å²) < 4.78 is 45.0.